The van der Waals surface area contributed by atoms with E-state index >= 15 is 0 Å². The van der Waals surface area contributed by atoms with Crippen LogP contribution in [0.2, 0.25) is 0 Å². The van der Waals surface area contributed by atoms with Gasteiger partial charge < -0.3 is 19.9 Å². The summed E-state index contributed by atoms with van der Waals surface area (Å²) < 4.78 is 5.24. The number of pyridine rings is 1. The van der Waals surface area contributed by atoms with Gasteiger partial charge >= 0.3 is 0 Å². The standard InChI is InChI=1S/C23H27N3O2S/c1-4-11-24-23(29)26(14-17-6-9-20(28-3)10-7-17)15-19-13-18-8-5-16(2)12-21(18)25-22(19)27/h5-10,12-13H,4,11,14-15H2,1-3H3,(H,24,29)(H,25,27). The lowest BCUT2D eigenvalue weighted by Crippen LogP contribution is -2.40. The number of aryl methyl sites for hydroxylation is 1. The Morgan fingerprint density at radius 1 is 1.14 bits per heavy atom. The summed E-state index contributed by atoms with van der Waals surface area (Å²) in [6.07, 6.45) is 0.979. The number of rotatable bonds is 7. The number of ether oxygens (including phenoxy) is 1. The molecule has 0 amide bonds. The molecular weight excluding hydrogens is 382 g/mol. The molecule has 5 nitrogen and oxygen atoms in total. The molecule has 0 fully saturated rings. The second-order valence-corrected chi connectivity index (χ2v) is 7.54. The predicted octanol–water partition coefficient (Wildman–Crippen LogP) is 4.13. The van der Waals surface area contributed by atoms with Crippen LogP contribution in [0.4, 0.5) is 0 Å². The first-order valence-corrected chi connectivity index (χ1v) is 10.2. The Bertz CT molecular complexity index is 1040. The van der Waals surface area contributed by atoms with Gasteiger partial charge in [-0.05, 0) is 66.3 Å². The van der Waals surface area contributed by atoms with Crippen molar-refractivity contribution < 1.29 is 4.74 Å². The van der Waals surface area contributed by atoms with Crippen molar-refractivity contribution in [2.45, 2.75) is 33.4 Å². The summed E-state index contributed by atoms with van der Waals surface area (Å²) in [5.74, 6) is 0.813. The van der Waals surface area contributed by atoms with Gasteiger partial charge in [-0.15, -0.1) is 0 Å². The van der Waals surface area contributed by atoms with E-state index in [2.05, 4.69) is 17.2 Å². The van der Waals surface area contributed by atoms with Crippen LogP contribution in [-0.2, 0) is 13.1 Å². The van der Waals surface area contributed by atoms with E-state index in [4.69, 9.17) is 17.0 Å². The van der Waals surface area contributed by atoms with Crippen molar-refractivity contribution in [3.8, 4) is 5.75 Å². The van der Waals surface area contributed by atoms with Crippen molar-refractivity contribution in [2.75, 3.05) is 13.7 Å². The molecule has 29 heavy (non-hydrogen) atoms. The Labute approximate surface area is 176 Å². The number of benzene rings is 2. The number of aromatic amines is 1. The highest BCUT2D eigenvalue weighted by Crippen LogP contribution is 2.17. The Balaban J connectivity index is 1.88. The molecule has 152 valence electrons. The first kappa shape index (κ1) is 20.9. The number of aromatic nitrogens is 1. The van der Waals surface area contributed by atoms with Crippen LogP contribution in [0.1, 0.15) is 30.0 Å². The molecule has 0 radical (unpaired) electrons. The Hall–Kier alpha value is -2.86. The number of nitrogens with one attached hydrogen (secondary N) is 2. The van der Waals surface area contributed by atoms with Crippen molar-refractivity contribution in [1.82, 2.24) is 15.2 Å². The highest BCUT2D eigenvalue weighted by atomic mass is 32.1. The van der Waals surface area contributed by atoms with E-state index < -0.39 is 0 Å². The van der Waals surface area contributed by atoms with Gasteiger partial charge in [0.1, 0.15) is 5.75 Å². The first-order valence-electron chi connectivity index (χ1n) is 9.78. The first-order chi connectivity index (χ1) is 14.0. The van der Waals surface area contributed by atoms with Crippen LogP contribution in [0.5, 0.6) is 5.75 Å². The maximum atomic E-state index is 12.7. The minimum atomic E-state index is -0.0823. The summed E-state index contributed by atoms with van der Waals surface area (Å²) in [4.78, 5) is 17.7. The third-order valence-electron chi connectivity index (χ3n) is 4.79. The highest BCUT2D eigenvalue weighted by molar-refractivity contribution is 7.80. The van der Waals surface area contributed by atoms with E-state index in [0.717, 1.165) is 40.7 Å². The number of thiocarbonyl (C=S) groups is 1. The van der Waals surface area contributed by atoms with Crippen LogP contribution < -0.4 is 15.6 Å². The molecular formula is C23H27N3O2S. The van der Waals surface area contributed by atoms with Crippen LogP contribution in [0.15, 0.2) is 53.3 Å². The topological polar surface area (TPSA) is 57.4 Å². The summed E-state index contributed by atoms with van der Waals surface area (Å²) in [7, 11) is 1.65. The lowest BCUT2D eigenvalue weighted by atomic mass is 10.1. The summed E-state index contributed by atoms with van der Waals surface area (Å²) in [6.45, 7) is 5.94. The molecule has 0 aliphatic heterocycles. The smallest absolute Gasteiger partial charge is 0.253 e. The van der Waals surface area contributed by atoms with Crippen molar-refractivity contribution in [3.63, 3.8) is 0 Å². The molecule has 0 atom stereocenters. The monoisotopic (exact) mass is 409 g/mol. The van der Waals surface area contributed by atoms with Crippen molar-refractivity contribution in [3.05, 3.63) is 75.6 Å². The molecule has 0 aliphatic carbocycles. The maximum absolute atomic E-state index is 12.7. The fourth-order valence-corrected chi connectivity index (χ4v) is 3.41. The Morgan fingerprint density at radius 2 is 1.90 bits per heavy atom. The van der Waals surface area contributed by atoms with Gasteiger partial charge in [0.25, 0.3) is 5.56 Å². The van der Waals surface area contributed by atoms with Crippen LogP contribution in [-0.4, -0.2) is 28.7 Å². The van der Waals surface area contributed by atoms with Gasteiger partial charge in [-0.2, -0.15) is 0 Å². The maximum Gasteiger partial charge on any atom is 0.253 e. The molecule has 0 unspecified atom stereocenters. The van der Waals surface area contributed by atoms with E-state index in [0.29, 0.717) is 23.8 Å². The zero-order valence-electron chi connectivity index (χ0n) is 17.1. The van der Waals surface area contributed by atoms with Gasteiger partial charge in [0.05, 0.1) is 13.7 Å². The molecule has 0 saturated carbocycles. The van der Waals surface area contributed by atoms with E-state index in [1.807, 2.05) is 60.4 Å². The lowest BCUT2D eigenvalue weighted by molar-refractivity contribution is 0.395. The molecule has 6 heteroatoms. The molecule has 0 saturated heterocycles. The fourth-order valence-electron chi connectivity index (χ4n) is 3.18. The average molecular weight is 410 g/mol. The minimum Gasteiger partial charge on any atom is -0.497 e. The van der Waals surface area contributed by atoms with Crippen molar-refractivity contribution >= 4 is 28.2 Å². The second-order valence-electron chi connectivity index (χ2n) is 7.15. The molecule has 2 aromatic carbocycles. The minimum absolute atomic E-state index is 0.0823. The van der Waals surface area contributed by atoms with E-state index in [-0.39, 0.29) is 5.56 Å². The molecule has 1 heterocycles. The third kappa shape index (κ3) is 5.35. The number of hydrogen-bond donors (Lipinski definition) is 2. The van der Waals surface area contributed by atoms with Gasteiger partial charge in [0.15, 0.2) is 5.11 Å². The van der Waals surface area contributed by atoms with E-state index in [1.165, 1.54) is 0 Å². The zero-order valence-corrected chi connectivity index (χ0v) is 17.9. The zero-order chi connectivity index (χ0) is 20.8. The lowest BCUT2D eigenvalue weighted by Gasteiger charge is -2.26. The van der Waals surface area contributed by atoms with Crippen LogP contribution in [0.3, 0.4) is 0 Å². The third-order valence-corrected chi connectivity index (χ3v) is 5.19. The number of nitrogens with zero attached hydrogens (tertiary/aromatic N) is 1. The molecule has 0 aliphatic rings. The van der Waals surface area contributed by atoms with Crippen molar-refractivity contribution in [2.24, 2.45) is 0 Å². The van der Waals surface area contributed by atoms with Crippen molar-refractivity contribution in [1.29, 1.82) is 0 Å². The number of H-pyrrole nitrogens is 1. The Kier molecular flexibility index (Phi) is 6.88. The largest absolute Gasteiger partial charge is 0.497 e. The quantitative estimate of drug-likeness (QED) is 0.575. The SMILES string of the molecule is CCCNC(=S)N(Cc1ccc(OC)cc1)Cc1cc2ccc(C)cc2[nH]c1=O. The van der Waals surface area contributed by atoms with Gasteiger partial charge in [0.2, 0.25) is 0 Å². The van der Waals surface area contributed by atoms with Gasteiger partial charge in [-0.25, -0.2) is 0 Å². The number of methoxy groups -OCH3 is 1. The van der Waals surface area contributed by atoms with E-state index in [9.17, 15) is 4.79 Å². The van der Waals surface area contributed by atoms with Gasteiger partial charge in [0, 0.05) is 24.2 Å². The van der Waals surface area contributed by atoms with Crippen LogP contribution >= 0.6 is 12.2 Å². The highest BCUT2D eigenvalue weighted by Gasteiger charge is 2.14. The molecule has 0 spiro atoms. The molecule has 0 bridgehead atoms. The van der Waals surface area contributed by atoms with Crippen LogP contribution in [0.25, 0.3) is 10.9 Å². The fraction of sp³-hybridized carbons (Fsp3) is 0.304. The predicted molar refractivity (Wildman–Crippen MR) is 122 cm³/mol. The summed E-state index contributed by atoms with van der Waals surface area (Å²) in [6, 6.07) is 15.9. The molecule has 3 rings (SSSR count). The van der Waals surface area contributed by atoms with Gasteiger partial charge in [-0.3, -0.25) is 4.79 Å². The molecule has 1 aromatic heterocycles. The Morgan fingerprint density at radius 3 is 2.59 bits per heavy atom. The molecule has 2 N–H and O–H groups in total. The second kappa shape index (κ2) is 9.56. The molecule has 3 aromatic rings. The summed E-state index contributed by atoms with van der Waals surface area (Å²) in [5, 5.41) is 4.94. The van der Waals surface area contributed by atoms with E-state index in [1.54, 1.807) is 7.11 Å². The summed E-state index contributed by atoms with van der Waals surface area (Å²) in [5.41, 5.74) is 3.68. The van der Waals surface area contributed by atoms with Crippen LogP contribution in [0, 0.1) is 6.92 Å². The number of fused-ring (bicyclic) bond motifs is 1. The normalized spacial score (nSPS) is 10.7. The van der Waals surface area contributed by atoms with Gasteiger partial charge in [-0.1, -0.05) is 31.2 Å². The number of hydrogen-bond acceptors (Lipinski definition) is 3. The summed E-state index contributed by atoms with van der Waals surface area (Å²) >= 11 is 5.62. The average Bonchev–Trinajstić information content (AvgIpc) is 2.72.